The van der Waals surface area contributed by atoms with Crippen LogP contribution in [0.5, 0.6) is 0 Å². The fraction of sp³-hybridized carbons (Fsp3) is 0.0625. The fourth-order valence-electron chi connectivity index (χ4n) is 2.24. The molecule has 0 aliphatic carbocycles. The van der Waals surface area contributed by atoms with E-state index in [1.54, 1.807) is 29.4 Å². The van der Waals surface area contributed by atoms with E-state index in [4.69, 9.17) is 0 Å². The number of nitrogens with one attached hydrogen (secondary N) is 1. The maximum atomic E-state index is 14.4. The minimum atomic E-state index is -4.22. The minimum Gasteiger partial charge on any atom is -0.285 e. The van der Waals surface area contributed by atoms with Gasteiger partial charge in [0.05, 0.1) is 5.69 Å². The van der Waals surface area contributed by atoms with Gasteiger partial charge < -0.3 is 0 Å². The molecule has 0 saturated carbocycles. The Morgan fingerprint density at radius 2 is 1.46 bits per heavy atom. The fourth-order valence-corrected chi connectivity index (χ4v) is 2.24. The first-order chi connectivity index (χ1) is 11.4. The molecule has 3 rings (SSSR count). The van der Waals surface area contributed by atoms with Crippen LogP contribution in [0, 0.1) is 0 Å². The van der Waals surface area contributed by atoms with Crippen LogP contribution in [-0.4, -0.2) is 20.1 Å². The molecule has 24 heavy (non-hydrogen) atoms. The molecular formula is C16H11F2N3O3. The van der Waals surface area contributed by atoms with Gasteiger partial charge in [-0.1, -0.05) is 48.5 Å². The molecule has 0 atom stereocenters. The molecule has 8 heteroatoms. The summed E-state index contributed by atoms with van der Waals surface area (Å²) in [4.78, 5) is 36.2. The van der Waals surface area contributed by atoms with E-state index in [9.17, 15) is 23.2 Å². The maximum absolute atomic E-state index is 14.4. The lowest BCUT2D eigenvalue weighted by Crippen LogP contribution is -2.41. The molecule has 1 aromatic heterocycles. The summed E-state index contributed by atoms with van der Waals surface area (Å²) < 4.78 is 29.2. The number of hydrogen-bond donors (Lipinski definition) is 1. The van der Waals surface area contributed by atoms with Gasteiger partial charge in [0, 0.05) is 5.56 Å². The van der Waals surface area contributed by atoms with Crippen molar-refractivity contribution in [3.63, 3.8) is 0 Å². The highest BCUT2D eigenvalue weighted by Gasteiger charge is 2.44. The summed E-state index contributed by atoms with van der Waals surface area (Å²) in [7, 11) is 0. The summed E-state index contributed by atoms with van der Waals surface area (Å²) in [6.07, 6.45) is 0. The molecule has 2 aromatic carbocycles. The average Bonchev–Trinajstić information content (AvgIpc) is 2.91. The molecule has 0 aliphatic rings. The van der Waals surface area contributed by atoms with Crippen molar-refractivity contribution in [2.24, 2.45) is 0 Å². The number of H-pyrrole nitrogens is 1. The van der Waals surface area contributed by atoms with Gasteiger partial charge in [0.15, 0.2) is 0 Å². The van der Waals surface area contributed by atoms with E-state index in [1.807, 2.05) is 0 Å². The first-order valence-corrected chi connectivity index (χ1v) is 6.90. The van der Waals surface area contributed by atoms with E-state index in [1.165, 1.54) is 36.4 Å². The van der Waals surface area contributed by atoms with E-state index < -0.39 is 23.2 Å². The first kappa shape index (κ1) is 15.6. The molecule has 0 fully saturated rings. The second-order valence-electron chi connectivity index (χ2n) is 4.94. The molecular weight excluding hydrogens is 320 g/mol. The number of aromatic amines is 1. The van der Waals surface area contributed by atoms with E-state index in [0.717, 1.165) is 0 Å². The molecule has 6 nitrogen and oxygen atoms in total. The van der Waals surface area contributed by atoms with Crippen LogP contribution in [0.4, 0.5) is 8.78 Å². The molecule has 0 bridgehead atoms. The minimum absolute atomic E-state index is 0.116. The highest BCUT2D eigenvalue weighted by molar-refractivity contribution is 5.99. The number of carbonyl (C=O) groups is 1. The van der Waals surface area contributed by atoms with Crippen molar-refractivity contribution >= 4 is 5.78 Å². The summed E-state index contributed by atoms with van der Waals surface area (Å²) in [6.45, 7) is 0. The largest absolute Gasteiger partial charge is 0.410 e. The molecule has 1 N–H and O–H groups in total. The van der Waals surface area contributed by atoms with Gasteiger partial charge in [-0.2, -0.15) is 13.5 Å². The number of alkyl halides is 2. The maximum Gasteiger partial charge on any atom is 0.410 e. The van der Waals surface area contributed by atoms with Crippen molar-refractivity contribution in [3.05, 3.63) is 87.2 Å². The van der Waals surface area contributed by atoms with Crippen LogP contribution in [0.1, 0.15) is 10.4 Å². The van der Waals surface area contributed by atoms with Crippen LogP contribution in [0.2, 0.25) is 0 Å². The van der Waals surface area contributed by atoms with Crippen molar-refractivity contribution in [3.8, 4) is 5.69 Å². The second-order valence-corrected chi connectivity index (χ2v) is 4.94. The third kappa shape index (κ3) is 2.47. The van der Waals surface area contributed by atoms with Crippen LogP contribution < -0.4 is 11.4 Å². The van der Waals surface area contributed by atoms with Crippen LogP contribution in [-0.2, 0) is 6.05 Å². The van der Waals surface area contributed by atoms with Gasteiger partial charge in [-0.15, -0.1) is 0 Å². The van der Waals surface area contributed by atoms with Gasteiger partial charge in [0.2, 0.25) is 0 Å². The smallest absolute Gasteiger partial charge is 0.285 e. The van der Waals surface area contributed by atoms with Crippen LogP contribution >= 0.6 is 0 Å². The topological polar surface area (TPSA) is 76.9 Å². The Kier molecular flexibility index (Phi) is 3.72. The molecule has 1 heterocycles. The third-order valence-electron chi connectivity index (χ3n) is 3.40. The van der Waals surface area contributed by atoms with Gasteiger partial charge in [-0.3, -0.25) is 4.79 Å². The summed E-state index contributed by atoms with van der Waals surface area (Å²) in [6, 6.07) is 10.2. The Morgan fingerprint density at radius 3 is 2.04 bits per heavy atom. The number of carbonyl (C=O) groups excluding carboxylic acids is 1. The molecule has 0 aliphatic heterocycles. The van der Waals surface area contributed by atoms with Gasteiger partial charge in [-0.05, 0) is 12.1 Å². The first-order valence-electron chi connectivity index (χ1n) is 6.90. The molecule has 122 valence electrons. The van der Waals surface area contributed by atoms with Gasteiger partial charge in [0.25, 0.3) is 5.78 Å². The average molecular weight is 331 g/mol. The number of rotatable bonds is 4. The van der Waals surface area contributed by atoms with Crippen LogP contribution in [0.15, 0.2) is 70.3 Å². The monoisotopic (exact) mass is 331 g/mol. The predicted octanol–water partition coefficient (Wildman–Crippen LogP) is 1.76. The van der Waals surface area contributed by atoms with Crippen LogP contribution in [0.3, 0.4) is 0 Å². The Balaban J connectivity index is 2.12. The third-order valence-corrected chi connectivity index (χ3v) is 3.40. The number of hydrogen-bond acceptors (Lipinski definition) is 3. The number of aromatic nitrogens is 3. The Labute approximate surface area is 133 Å². The summed E-state index contributed by atoms with van der Waals surface area (Å²) in [5.74, 6) is -1.59. The zero-order chi connectivity index (χ0) is 17.3. The molecule has 0 saturated heterocycles. The highest BCUT2D eigenvalue weighted by Crippen LogP contribution is 2.23. The number of ketones is 1. The Bertz CT molecular complexity index is 989. The number of benzene rings is 2. The molecule has 3 aromatic rings. The predicted molar refractivity (Wildman–Crippen MR) is 81.6 cm³/mol. The van der Waals surface area contributed by atoms with Crippen molar-refractivity contribution < 1.29 is 13.6 Å². The van der Waals surface area contributed by atoms with Crippen molar-refractivity contribution in [2.45, 2.75) is 6.05 Å². The zero-order valence-electron chi connectivity index (χ0n) is 12.1. The van der Waals surface area contributed by atoms with E-state index in [-0.39, 0.29) is 15.9 Å². The number of halogens is 2. The molecule has 0 radical (unpaired) electrons. The summed E-state index contributed by atoms with van der Waals surface area (Å²) >= 11 is 0. The number of Topliss-reactive ketones (excluding diaryl/α,β-unsaturated/α-hetero) is 1. The quantitative estimate of drug-likeness (QED) is 0.740. The Hall–Kier alpha value is -3.29. The number of nitrogens with zero attached hydrogens (tertiary/aromatic N) is 2. The van der Waals surface area contributed by atoms with Crippen LogP contribution in [0.25, 0.3) is 5.69 Å². The number of para-hydroxylation sites is 1. The van der Waals surface area contributed by atoms with E-state index in [0.29, 0.717) is 4.57 Å². The SMILES string of the molecule is O=C(c1ccccc1)C(F)(F)n1[nH]c(=O)n(-c2ccccc2)c1=O. The van der Waals surface area contributed by atoms with Gasteiger partial charge in [0.1, 0.15) is 0 Å². The van der Waals surface area contributed by atoms with Crippen molar-refractivity contribution in [1.29, 1.82) is 0 Å². The second kappa shape index (κ2) is 5.73. The van der Waals surface area contributed by atoms with E-state index in [2.05, 4.69) is 0 Å². The summed E-state index contributed by atoms with van der Waals surface area (Å²) in [5.41, 5.74) is -2.56. The van der Waals surface area contributed by atoms with Gasteiger partial charge >= 0.3 is 17.4 Å². The summed E-state index contributed by atoms with van der Waals surface area (Å²) in [5, 5.41) is 1.74. The lowest BCUT2D eigenvalue weighted by atomic mass is 10.1. The van der Waals surface area contributed by atoms with Crippen molar-refractivity contribution in [2.75, 3.05) is 0 Å². The lowest BCUT2D eigenvalue weighted by molar-refractivity contribution is -0.0590. The molecule has 0 unspecified atom stereocenters. The zero-order valence-corrected chi connectivity index (χ0v) is 12.1. The lowest BCUT2D eigenvalue weighted by Gasteiger charge is -2.14. The Morgan fingerprint density at radius 1 is 0.917 bits per heavy atom. The van der Waals surface area contributed by atoms with E-state index >= 15 is 0 Å². The van der Waals surface area contributed by atoms with Crippen molar-refractivity contribution in [1.82, 2.24) is 14.3 Å². The molecule has 0 amide bonds. The van der Waals surface area contributed by atoms with Gasteiger partial charge in [-0.25, -0.2) is 19.3 Å². The highest BCUT2D eigenvalue weighted by atomic mass is 19.3. The standard InChI is InChI=1S/C16H11F2N3O3/c17-16(18,13(22)11-7-3-1-4-8-11)21-15(24)20(14(23)19-21)12-9-5-2-6-10-12/h1-10H,(H,19,23). The normalized spacial score (nSPS) is 11.4. The molecule has 0 spiro atoms.